The standard InChI is InChI=1S/C24H22ClN3O3S/c25-18-7-4-8-19(13-18)30-24(29)28-11-9-17(10-12-28)23-26-21(15-32-23)20-14-22(31-27-20)16-5-2-1-3-6-16/h1-8,13,15,17,22H,9-12,14H2. The molecule has 2 aliphatic heterocycles. The SMILES string of the molecule is O=C(Oc1cccc(Cl)c1)N1CCC(c2nc(C3=NOC(c4ccccc4)C3)cs2)CC1. The maximum Gasteiger partial charge on any atom is 0.415 e. The van der Waals surface area contributed by atoms with Gasteiger partial charge >= 0.3 is 6.09 Å². The van der Waals surface area contributed by atoms with Crippen LogP contribution in [0.3, 0.4) is 0 Å². The lowest BCUT2D eigenvalue weighted by atomic mass is 9.98. The molecule has 3 heterocycles. The molecule has 0 N–H and O–H groups in total. The van der Waals surface area contributed by atoms with E-state index in [9.17, 15) is 4.79 Å². The number of halogens is 1. The molecule has 1 saturated heterocycles. The Morgan fingerprint density at radius 1 is 1.12 bits per heavy atom. The molecule has 8 heteroatoms. The second kappa shape index (κ2) is 9.30. The molecule has 0 spiro atoms. The molecule has 3 aromatic rings. The van der Waals surface area contributed by atoms with Crippen LogP contribution in [0, 0.1) is 0 Å². The van der Waals surface area contributed by atoms with Gasteiger partial charge in [0.1, 0.15) is 11.5 Å². The first kappa shape index (κ1) is 21.0. The van der Waals surface area contributed by atoms with Crippen LogP contribution >= 0.6 is 22.9 Å². The molecule has 1 unspecified atom stereocenters. The summed E-state index contributed by atoms with van der Waals surface area (Å²) in [5.74, 6) is 0.791. The lowest BCUT2D eigenvalue weighted by Gasteiger charge is -2.30. The number of amides is 1. The van der Waals surface area contributed by atoms with Crippen LogP contribution in [0.4, 0.5) is 4.79 Å². The second-order valence-corrected chi connectivity index (χ2v) is 9.23. The van der Waals surface area contributed by atoms with Crippen molar-refractivity contribution >= 4 is 34.7 Å². The number of carbonyl (C=O) groups excluding carboxylic acids is 1. The number of carbonyl (C=O) groups is 1. The third-order valence-corrected chi connectivity index (χ3v) is 7.00. The van der Waals surface area contributed by atoms with Gasteiger partial charge in [-0.3, -0.25) is 0 Å². The fourth-order valence-corrected chi connectivity index (χ4v) is 5.17. The van der Waals surface area contributed by atoms with Crippen molar-refractivity contribution in [3.8, 4) is 5.75 Å². The molecular weight excluding hydrogens is 446 g/mol. The molecule has 6 nitrogen and oxygen atoms in total. The van der Waals surface area contributed by atoms with Crippen molar-refractivity contribution in [2.24, 2.45) is 5.16 Å². The van der Waals surface area contributed by atoms with E-state index < -0.39 is 0 Å². The van der Waals surface area contributed by atoms with Gasteiger partial charge < -0.3 is 14.5 Å². The van der Waals surface area contributed by atoms with Crippen molar-refractivity contribution in [1.29, 1.82) is 0 Å². The van der Waals surface area contributed by atoms with E-state index in [0.29, 0.717) is 29.8 Å². The van der Waals surface area contributed by atoms with Gasteiger partial charge in [-0.05, 0) is 36.6 Å². The zero-order chi connectivity index (χ0) is 21.9. The van der Waals surface area contributed by atoms with E-state index in [0.717, 1.165) is 41.2 Å². The van der Waals surface area contributed by atoms with Crippen LogP contribution < -0.4 is 4.74 Å². The van der Waals surface area contributed by atoms with Gasteiger partial charge in [-0.1, -0.05) is 53.2 Å². The number of benzene rings is 2. The first-order valence-corrected chi connectivity index (χ1v) is 11.9. The summed E-state index contributed by atoms with van der Waals surface area (Å²) in [7, 11) is 0. The number of rotatable bonds is 4. The van der Waals surface area contributed by atoms with Gasteiger partial charge in [0, 0.05) is 35.8 Å². The summed E-state index contributed by atoms with van der Waals surface area (Å²) in [5.41, 5.74) is 2.91. The first-order chi connectivity index (χ1) is 15.7. The van der Waals surface area contributed by atoms with Gasteiger partial charge in [0.15, 0.2) is 6.10 Å². The predicted molar refractivity (Wildman–Crippen MR) is 125 cm³/mol. The van der Waals surface area contributed by atoms with Crippen molar-refractivity contribution in [2.45, 2.75) is 31.3 Å². The summed E-state index contributed by atoms with van der Waals surface area (Å²) in [6, 6.07) is 17.0. The van der Waals surface area contributed by atoms with E-state index in [1.807, 2.05) is 18.2 Å². The molecule has 0 saturated carbocycles. The number of aromatic nitrogens is 1. The molecule has 1 atom stereocenters. The number of hydrogen-bond donors (Lipinski definition) is 0. The molecule has 2 aromatic carbocycles. The Kier molecular flexibility index (Phi) is 6.10. The summed E-state index contributed by atoms with van der Waals surface area (Å²) in [6.45, 7) is 1.28. The highest BCUT2D eigenvalue weighted by Crippen LogP contribution is 2.34. The minimum absolute atomic E-state index is 0.0508. The third kappa shape index (κ3) is 4.64. The second-order valence-electron chi connectivity index (χ2n) is 7.90. The van der Waals surface area contributed by atoms with Crippen LogP contribution in [-0.2, 0) is 4.84 Å². The molecule has 1 amide bonds. The highest BCUT2D eigenvalue weighted by Gasteiger charge is 2.29. The number of oxime groups is 1. The first-order valence-electron chi connectivity index (χ1n) is 10.6. The Hall–Kier alpha value is -2.90. The van der Waals surface area contributed by atoms with Crippen LogP contribution in [-0.4, -0.2) is 34.8 Å². The van der Waals surface area contributed by atoms with Crippen molar-refractivity contribution in [3.05, 3.63) is 81.3 Å². The van der Waals surface area contributed by atoms with E-state index in [1.165, 1.54) is 0 Å². The van der Waals surface area contributed by atoms with Gasteiger partial charge in [-0.15, -0.1) is 11.3 Å². The molecule has 0 bridgehead atoms. The van der Waals surface area contributed by atoms with Gasteiger partial charge in [-0.25, -0.2) is 9.78 Å². The minimum atomic E-state index is -0.338. The number of ether oxygens (including phenoxy) is 1. The number of piperidine rings is 1. The normalized spacial score (nSPS) is 18.8. The highest BCUT2D eigenvalue weighted by atomic mass is 35.5. The molecular formula is C24H22ClN3O3S. The van der Waals surface area contributed by atoms with Gasteiger partial charge in [0.2, 0.25) is 0 Å². The van der Waals surface area contributed by atoms with E-state index in [4.69, 9.17) is 26.2 Å². The molecule has 32 heavy (non-hydrogen) atoms. The Morgan fingerprint density at radius 2 is 1.94 bits per heavy atom. The summed E-state index contributed by atoms with van der Waals surface area (Å²) in [6.07, 6.45) is 2.04. The number of nitrogens with zero attached hydrogens (tertiary/aromatic N) is 3. The van der Waals surface area contributed by atoms with Crippen molar-refractivity contribution in [2.75, 3.05) is 13.1 Å². The molecule has 0 aliphatic carbocycles. The summed E-state index contributed by atoms with van der Waals surface area (Å²) >= 11 is 7.62. The monoisotopic (exact) mass is 467 g/mol. The molecule has 5 rings (SSSR count). The number of likely N-dealkylation sites (tertiary alicyclic amines) is 1. The van der Waals surface area contributed by atoms with Gasteiger partial charge in [0.25, 0.3) is 0 Å². The molecule has 1 fully saturated rings. The quantitative estimate of drug-likeness (QED) is 0.469. The molecule has 1 aromatic heterocycles. The van der Waals surface area contributed by atoms with Crippen LogP contribution in [0.1, 0.15) is 47.5 Å². The topological polar surface area (TPSA) is 64.0 Å². The van der Waals surface area contributed by atoms with Gasteiger partial charge in [0.05, 0.1) is 10.7 Å². The lowest BCUT2D eigenvalue weighted by molar-refractivity contribution is 0.0857. The van der Waals surface area contributed by atoms with Crippen LogP contribution in [0.15, 0.2) is 65.1 Å². The fourth-order valence-electron chi connectivity index (χ4n) is 3.99. The smallest absolute Gasteiger partial charge is 0.410 e. The number of hydrogen-bond acceptors (Lipinski definition) is 6. The van der Waals surface area contributed by atoms with Crippen LogP contribution in [0.5, 0.6) is 5.75 Å². The third-order valence-electron chi connectivity index (χ3n) is 5.76. The largest absolute Gasteiger partial charge is 0.415 e. The Morgan fingerprint density at radius 3 is 2.72 bits per heavy atom. The van der Waals surface area contributed by atoms with Crippen LogP contribution in [0.2, 0.25) is 5.02 Å². The Bertz CT molecular complexity index is 1130. The predicted octanol–water partition coefficient (Wildman–Crippen LogP) is 6.04. The fraction of sp³-hybridized carbons (Fsp3) is 0.292. The zero-order valence-corrected chi connectivity index (χ0v) is 18.9. The summed E-state index contributed by atoms with van der Waals surface area (Å²) in [5, 5.41) is 7.98. The van der Waals surface area contributed by atoms with Crippen molar-refractivity contribution in [3.63, 3.8) is 0 Å². The van der Waals surface area contributed by atoms with Crippen molar-refractivity contribution in [1.82, 2.24) is 9.88 Å². The van der Waals surface area contributed by atoms with Crippen molar-refractivity contribution < 1.29 is 14.4 Å². The van der Waals surface area contributed by atoms with Gasteiger partial charge in [-0.2, -0.15) is 0 Å². The Labute approximate surface area is 195 Å². The molecule has 164 valence electrons. The van der Waals surface area contributed by atoms with Crippen LogP contribution in [0.25, 0.3) is 0 Å². The molecule has 2 aliphatic rings. The zero-order valence-electron chi connectivity index (χ0n) is 17.3. The maximum atomic E-state index is 12.5. The van der Waals surface area contributed by atoms with E-state index in [2.05, 4.69) is 22.7 Å². The summed E-state index contributed by atoms with van der Waals surface area (Å²) in [4.78, 5) is 24.7. The average Bonchev–Trinajstić information content (AvgIpc) is 3.50. The van der Waals surface area contributed by atoms with E-state index >= 15 is 0 Å². The maximum absolute atomic E-state index is 12.5. The lowest BCUT2D eigenvalue weighted by Crippen LogP contribution is -2.39. The summed E-state index contributed by atoms with van der Waals surface area (Å²) < 4.78 is 5.45. The van der Waals surface area contributed by atoms with E-state index in [1.54, 1.807) is 40.5 Å². The molecule has 0 radical (unpaired) electrons. The minimum Gasteiger partial charge on any atom is -0.410 e. The number of thiazole rings is 1. The Balaban J connectivity index is 1.15. The highest BCUT2D eigenvalue weighted by molar-refractivity contribution is 7.10. The van der Waals surface area contributed by atoms with E-state index in [-0.39, 0.29) is 12.2 Å². The average molecular weight is 468 g/mol.